The Balaban J connectivity index is 2.03. The van der Waals surface area contributed by atoms with Gasteiger partial charge in [-0.15, -0.1) is 0 Å². The van der Waals surface area contributed by atoms with Crippen molar-refractivity contribution in [3.63, 3.8) is 0 Å². The summed E-state index contributed by atoms with van der Waals surface area (Å²) in [6.07, 6.45) is 6.13. The monoisotopic (exact) mass is 301 g/mol. The van der Waals surface area contributed by atoms with Gasteiger partial charge in [-0.1, -0.05) is 30.7 Å². The first-order chi connectivity index (χ1) is 10.3. The summed E-state index contributed by atoms with van der Waals surface area (Å²) in [5, 5.41) is 5.05. The van der Waals surface area contributed by atoms with E-state index in [1.54, 1.807) is 18.6 Å². The number of fused-ring (bicyclic) bond motifs is 1. The van der Waals surface area contributed by atoms with Gasteiger partial charge in [-0.25, -0.2) is 0 Å². The largest absolute Gasteiger partial charge is 0.457 e. The number of aromatic nitrogens is 2. The van der Waals surface area contributed by atoms with E-state index in [2.05, 4.69) is 22.2 Å². The number of hydrogen-bond donors (Lipinski definition) is 1. The number of furan rings is 1. The van der Waals surface area contributed by atoms with Crippen LogP contribution in [0.2, 0.25) is 5.02 Å². The number of halogens is 1. The van der Waals surface area contributed by atoms with Crippen LogP contribution in [0.15, 0.2) is 47.3 Å². The Morgan fingerprint density at radius 1 is 1.33 bits per heavy atom. The molecule has 0 aliphatic carbocycles. The van der Waals surface area contributed by atoms with Gasteiger partial charge in [0.15, 0.2) is 5.58 Å². The minimum atomic E-state index is -0.123. The predicted molar refractivity (Wildman–Crippen MR) is 83.4 cm³/mol. The quantitative estimate of drug-likeness (QED) is 0.775. The van der Waals surface area contributed by atoms with Crippen LogP contribution in [0.25, 0.3) is 11.0 Å². The average Bonchev–Trinajstić information content (AvgIpc) is 2.94. The molecule has 3 rings (SSSR count). The van der Waals surface area contributed by atoms with Crippen LogP contribution in [0.4, 0.5) is 0 Å². The second-order valence-electron chi connectivity index (χ2n) is 4.82. The van der Waals surface area contributed by atoms with Crippen LogP contribution in [0.3, 0.4) is 0 Å². The van der Waals surface area contributed by atoms with Gasteiger partial charge in [0.05, 0.1) is 16.9 Å². The third kappa shape index (κ3) is 2.91. The molecule has 21 heavy (non-hydrogen) atoms. The Morgan fingerprint density at radius 2 is 2.24 bits per heavy atom. The Kier molecular flexibility index (Phi) is 4.18. The summed E-state index contributed by atoms with van der Waals surface area (Å²) in [6.45, 7) is 2.99. The van der Waals surface area contributed by atoms with Gasteiger partial charge in [0.1, 0.15) is 11.8 Å². The van der Waals surface area contributed by atoms with Gasteiger partial charge in [-0.05, 0) is 25.1 Å². The van der Waals surface area contributed by atoms with Gasteiger partial charge in [0.25, 0.3) is 0 Å². The first-order valence-corrected chi connectivity index (χ1v) is 7.34. The molecule has 0 spiro atoms. The Morgan fingerprint density at radius 3 is 2.95 bits per heavy atom. The molecule has 0 aliphatic heterocycles. The van der Waals surface area contributed by atoms with Crippen molar-refractivity contribution in [1.29, 1.82) is 0 Å². The number of hydrogen-bond acceptors (Lipinski definition) is 4. The van der Waals surface area contributed by atoms with Crippen LogP contribution < -0.4 is 5.32 Å². The number of para-hydroxylation sites is 1. The minimum Gasteiger partial charge on any atom is -0.457 e. The molecule has 1 atom stereocenters. The Bertz CT molecular complexity index is 727. The molecule has 1 N–H and O–H groups in total. The lowest BCUT2D eigenvalue weighted by Crippen LogP contribution is -2.23. The topological polar surface area (TPSA) is 51.0 Å². The molecule has 0 aliphatic rings. The SMILES string of the molecule is CCCNC(c1cnccn1)c1cc2cccc(Cl)c2o1. The fraction of sp³-hybridized carbons (Fsp3) is 0.250. The van der Waals surface area contributed by atoms with Crippen LogP contribution in [0.1, 0.15) is 30.8 Å². The van der Waals surface area contributed by atoms with Crippen molar-refractivity contribution in [3.8, 4) is 0 Å². The van der Waals surface area contributed by atoms with Gasteiger partial charge in [0.2, 0.25) is 0 Å². The third-order valence-electron chi connectivity index (χ3n) is 3.28. The van der Waals surface area contributed by atoms with Crippen LogP contribution in [-0.4, -0.2) is 16.5 Å². The highest BCUT2D eigenvalue weighted by molar-refractivity contribution is 6.34. The van der Waals surface area contributed by atoms with E-state index in [1.807, 2.05) is 24.3 Å². The molecule has 0 fully saturated rings. The maximum absolute atomic E-state index is 6.18. The van der Waals surface area contributed by atoms with Crippen molar-refractivity contribution in [2.45, 2.75) is 19.4 Å². The van der Waals surface area contributed by atoms with Gasteiger partial charge < -0.3 is 9.73 Å². The highest BCUT2D eigenvalue weighted by Crippen LogP contribution is 2.31. The molecule has 4 nitrogen and oxygen atoms in total. The molecule has 0 bridgehead atoms. The number of rotatable bonds is 5. The highest BCUT2D eigenvalue weighted by atomic mass is 35.5. The molecule has 2 heterocycles. The zero-order valence-electron chi connectivity index (χ0n) is 11.7. The zero-order valence-corrected chi connectivity index (χ0v) is 12.5. The summed E-state index contributed by atoms with van der Waals surface area (Å²) in [5.41, 5.74) is 1.54. The maximum Gasteiger partial charge on any atom is 0.152 e. The fourth-order valence-corrected chi connectivity index (χ4v) is 2.51. The van der Waals surface area contributed by atoms with E-state index < -0.39 is 0 Å². The average molecular weight is 302 g/mol. The van der Waals surface area contributed by atoms with E-state index in [0.717, 1.165) is 29.8 Å². The number of nitrogens with zero attached hydrogens (tertiary/aromatic N) is 2. The first-order valence-electron chi connectivity index (χ1n) is 6.97. The number of nitrogens with one attached hydrogen (secondary N) is 1. The van der Waals surface area contributed by atoms with E-state index in [0.29, 0.717) is 10.6 Å². The predicted octanol–water partition coefficient (Wildman–Crippen LogP) is 3.97. The fourth-order valence-electron chi connectivity index (χ4n) is 2.29. The van der Waals surface area contributed by atoms with Gasteiger partial charge in [-0.3, -0.25) is 9.97 Å². The molecule has 0 saturated carbocycles. The third-order valence-corrected chi connectivity index (χ3v) is 3.57. The van der Waals surface area contributed by atoms with E-state index in [9.17, 15) is 0 Å². The van der Waals surface area contributed by atoms with Crippen molar-refractivity contribution in [2.24, 2.45) is 0 Å². The van der Waals surface area contributed by atoms with Crippen molar-refractivity contribution < 1.29 is 4.42 Å². The first kappa shape index (κ1) is 14.0. The molecule has 1 unspecified atom stereocenters. The molecule has 0 radical (unpaired) electrons. The molecular weight excluding hydrogens is 286 g/mol. The van der Waals surface area contributed by atoms with Gasteiger partial charge in [-0.2, -0.15) is 0 Å². The Hall–Kier alpha value is -1.91. The normalized spacial score (nSPS) is 12.7. The van der Waals surface area contributed by atoms with Crippen LogP contribution in [0.5, 0.6) is 0 Å². The maximum atomic E-state index is 6.18. The molecule has 0 saturated heterocycles. The summed E-state index contributed by atoms with van der Waals surface area (Å²) in [6, 6.07) is 7.61. The lowest BCUT2D eigenvalue weighted by atomic mass is 10.1. The van der Waals surface area contributed by atoms with Gasteiger partial charge in [0, 0.05) is 17.8 Å². The van der Waals surface area contributed by atoms with Crippen LogP contribution >= 0.6 is 11.6 Å². The van der Waals surface area contributed by atoms with Crippen LogP contribution in [-0.2, 0) is 0 Å². The summed E-state index contributed by atoms with van der Waals surface area (Å²) >= 11 is 6.18. The highest BCUT2D eigenvalue weighted by Gasteiger charge is 2.20. The molecular formula is C16H16ClN3O. The Labute approximate surface area is 128 Å². The molecule has 5 heteroatoms. The van der Waals surface area contributed by atoms with E-state index in [-0.39, 0.29) is 6.04 Å². The van der Waals surface area contributed by atoms with Gasteiger partial charge >= 0.3 is 0 Å². The molecule has 108 valence electrons. The van der Waals surface area contributed by atoms with E-state index in [4.69, 9.17) is 16.0 Å². The minimum absolute atomic E-state index is 0.123. The van der Waals surface area contributed by atoms with Crippen LogP contribution in [0, 0.1) is 0 Å². The van der Waals surface area contributed by atoms with Crippen molar-refractivity contribution in [1.82, 2.24) is 15.3 Å². The lowest BCUT2D eigenvalue weighted by Gasteiger charge is -2.14. The summed E-state index contributed by atoms with van der Waals surface area (Å²) in [4.78, 5) is 8.52. The van der Waals surface area contributed by atoms with E-state index >= 15 is 0 Å². The second-order valence-corrected chi connectivity index (χ2v) is 5.23. The van der Waals surface area contributed by atoms with Crippen molar-refractivity contribution in [3.05, 3.63) is 59.3 Å². The molecule has 0 amide bonds. The summed E-state index contributed by atoms with van der Waals surface area (Å²) in [7, 11) is 0. The zero-order chi connectivity index (χ0) is 14.7. The molecule has 3 aromatic rings. The summed E-state index contributed by atoms with van der Waals surface area (Å²) in [5.74, 6) is 0.798. The van der Waals surface area contributed by atoms with E-state index in [1.165, 1.54) is 0 Å². The standard InChI is InChI=1S/C16H16ClN3O/c1-2-6-20-15(13-10-18-7-8-19-13)14-9-11-4-3-5-12(17)16(11)21-14/h3-5,7-10,15,20H,2,6H2,1H3. The van der Waals surface area contributed by atoms with Crippen molar-refractivity contribution in [2.75, 3.05) is 6.54 Å². The molecule has 2 aromatic heterocycles. The smallest absolute Gasteiger partial charge is 0.152 e. The lowest BCUT2D eigenvalue weighted by molar-refractivity contribution is 0.463. The van der Waals surface area contributed by atoms with Crippen molar-refractivity contribution >= 4 is 22.6 Å². The number of benzene rings is 1. The molecule has 1 aromatic carbocycles. The summed E-state index contributed by atoms with van der Waals surface area (Å²) < 4.78 is 5.95. The second kappa shape index (κ2) is 6.24.